The molecule has 2 saturated heterocycles. The Kier molecular flexibility index (Phi) is 4.27. The third-order valence-corrected chi connectivity index (χ3v) is 4.51. The summed E-state index contributed by atoms with van der Waals surface area (Å²) in [6.07, 6.45) is 5.33. The zero-order valence-corrected chi connectivity index (χ0v) is 12.7. The Morgan fingerprint density at radius 1 is 1.00 bits per heavy atom. The predicted octanol–water partition coefficient (Wildman–Crippen LogP) is 2.82. The highest BCUT2D eigenvalue weighted by molar-refractivity contribution is 5.96. The lowest BCUT2D eigenvalue weighted by Gasteiger charge is -2.28. The molecule has 1 aromatic carbocycles. The Bertz CT molecular complexity index is 576. The first-order valence-electron chi connectivity index (χ1n) is 7.99. The average Bonchev–Trinajstić information content (AvgIpc) is 3.09. The van der Waals surface area contributed by atoms with Crippen LogP contribution in [0.2, 0.25) is 0 Å². The molecule has 2 fully saturated rings. The van der Waals surface area contributed by atoms with Gasteiger partial charge in [-0.3, -0.25) is 14.9 Å². The summed E-state index contributed by atoms with van der Waals surface area (Å²) in [5.41, 5.74) is 1.11. The highest BCUT2D eigenvalue weighted by atomic mass is 16.6. The number of rotatable bonds is 3. The molecule has 2 aliphatic rings. The summed E-state index contributed by atoms with van der Waals surface area (Å²) >= 11 is 0. The zero-order chi connectivity index (χ0) is 15.5. The first-order valence-corrected chi connectivity index (χ1v) is 7.99. The Balaban J connectivity index is 1.89. The van der Waals surface area contributed by atoms with Gasteiger partial charge < -0.3 is 9.80 Å². The molecule has 22 heavy (non-hydrogen) atoms. The molecule has 0 atom stereocenters. The van der Waals surface area contributed by atoms with Crippen molar-refractivity contribution >= 4 is 17.3 Å². The predicted molar refractivity (Wildman–Crippen MR) is 84.3 cm³/mol. The van der Waals surface area contributed by atoms with E-state index in [0.717, 1.165) is 51.9 Å². The van der Waals surface area contributed by atoms with Crippen molar-refractivity contribution in [3.05, 3.63) is 33.9 Å². The molecule has 0 radical (unpaired) electrons. The van der Waals surface area contributed by atoms with Crippen LogP contribution in [0.1, 0.15) is 42.5 Å². The second kappa shape index (κ2) is 6.34. The normalized spacial score (nSPS) is 18.5. The Morgan fingerprint density at radius 3 is 2.27 bits per heavy atom. The molecule has 118 valence electrons. The summed E-state index contributed by atoms with van der Waals surface area (Å²) in [6.45, 7) is 3.20. The molecular weight excluding hydrogens is 282 g/mol. The van der Waals surface area contributed by atoms with Crippen LogP contribution in [-0.4, -0.2) is 41.9 Å². The van der Waals surface area contributed by atoms with Gasteiger partial charge >= 0.3 is 0 Å². The van der Waals surface area contributed by atoms with Crippen molar-refractivity contribution in [1.29, 1.82) is 0 Å². The summed E-state index contributed by atoms with van der Waals surface area (Å²) < 4.78 is 0. The van der Waals surface area contributed by atoms with Crippen molar-refractivity contribution < 1.29 is 9.72 Å². The SMILES string of the molecule is O=C(c1ccc(N2CCCCC2)c([N+](=O)[O-])c1)N1CCCC1. The van der Waals surface area contributed by atoms with Gasteiger partial charge in [0.05, 0.1) is 4.92 Å². The number of nitro groups is 1. The van der Waals surface area contributed by atoms with Gasteiger partial charge in [0.15, 0.2) is 0 Å². The van der Waals surface area contributed by atoms with E-state index in [1.54, 1.807) is 17.0 Å². The number of carbonyl (C=O) groups is 1. The maximum absolute atomic E-state index is 12.4. The van der Waals surface area contributed by atoms with Gasteiger partial charge in [-0.1, -0.05) is 0 Å². The summed E-state index contributed by atoms with van der Waals surface area (Å²) in [6, 6.07) is 4.93. The van der Waals surface area contributed by atoms with Gasteiger partial charge in [0.25, 0.3) is 11.6 Å². The van der Waals surface area contributed by atoms with Crippen molar-refractivity contribution in [3.63, 3.8) is 0 Å². The van der Waals surface area contributed by atoms with E-state index in [1.807, 2.05) is 0 Å². The van der Waals surface area contributed by atoms with E-state index >= 15 is 0 Å². The van der Waals surface area contributed by atoms with Gasteiger partial charge in [0.1, 0.15) is 5.69 Å². The Morgan fingerprint density at radius 2 is 1.64 bits per heavy atom. The lowest BCUT2D eigenvalue weighted by Crippen LogP contribution is -2.30. The number of benzene rings is 1. The first kappa shape index (κ1) is 14.8. The monoisotopic (exact) mass is 303 g/mol. The molecule has 1 amide bonds. The minimum atomic E-state index is -0.370. The summed E-state index contributed by atoms with van der Waals surface area (Å²) in [5.74, 6) is -0.0919. The lowest BCUT2D eigenvalue weighted by atomic mass is 10.1. The number of anilines is 1. The third-order valence-electron chi connectivity index (χ3n) is 4.51. The van der Waals surface area contributed by atoms with E-state index in [-0.39, 0.29) is 16.5 Å². The van der Waals surface area contributed by atoms with Crippen molar-refractivity contribution in [2.75, 3.05) is 31.1 Å². The smallest absolute Gasteiger partial charge is 0.293 e. The van der Waals surface area contributed by atoms with Gasteiger partial charge in [-0.05, 0) is 44.2 Å². The van der Waals surface area contributed by atoms with Crippen LogP contribution in [0.4, 0.5) is 11.4 Å². The fourth-order valence-corrected chi connectivity index (χ4v) is 3.31. The fourth-order valence-electron chi connectivity index (χ4n) is 3.31. The second-order valence-electron chi connectivity index (χ2n) is 6.01. The number of hydrogen-bond acceptors (Lipinski definition) is 4. The molecule has 2 aliphatic heterocycles. The van der Waals surface area contributed by atoms with Crippen LogP contribution in [0.3, 0.4) is 0 Å². The Hall–Kier alpha value is -2.11. The summed E-state index contributed by atoms with van der Waals surface area (Å²) in [5, 5.41) is 11.4. The van der Waals surface area contributed by atoms with Crippen LogP contribution >= 0.6 is 0 Å². The number of nitrogens with zero attached hydrogens (tertiary/aromatic N) is 3. The van der Waals surface area contributed by atoms with Crippen LogP contribution < -0.4 is 4.90 Å². The van der Waals surface area contributed by atoms with Crippen LogP contribution in [0.5, 0.6) is 0 Å². The molecule has 0 unspecified atom stereocenters. The first-order chi connectivity index (χ1) is 10.7. The van der Waals surface area contributed by atoms with Crippen LogP contribution in [0.15, 0.2) is 18.2 Å². The Labute approximate surface area is 129 Å². The molecule has 3 rings (SSSR count). The molecule has 0 saturated carbocycles. The van der Waals surface area contributed by atoms with Crippen LogP contribution in [0, 0.1) is 10.1 Å². The largest absolute Gasteiger partial charge is 0.366 e. The van der Waals surface area contributed by atoms with Crippen LogP contribution in [-0.2, 0) is 0 Å². The quantitative estimate of drug-likeness (QED) is 0.636. The van der Waals surface area contributed by atoms with E-state index in [0.29, 0.717) is 11.3 Å². The van der Waals surface area contributed by atoms with E-state index in [4.69, 9.17) is 0 Å². The van der Waals surface area contributed by atoms with Crippen LogP contribution in [0.25, 0.3) is 0 Å². The minimum absolute atomic E-state index is 0.0481. The lowest BCUT2D eigenvalue weighted by molar-refractivity contribution is -0.384. The van der Waals surface area contributed by atoms with Gasteiger partial charge in [0, 0.05) is 37.8 Å². The average molecular weight is 303 g/mol. The number of likely N-dealkylation sites (tertiary alicyclic amines) is 1. The zero-order valence-electron chi connectivity index (χ0n) is 12.7. The van der Waals surface area contributed by atoms with Gasteiger partial charge in [0.2, 0.25) is 0 Å². The van der Waals surface area contributed by atoms with Gasteiger partial charge in [-0.25, -0.2) is 0 Å². The van der Waals surface area contributed by atoms with Crippen molar-refractivity contribution in [2.24, 2.45) is 0 Å². The van der Waals surface area contributed by atoms with E-state index in [1.165, 1.54) is 12.5 Å². The van der Waals surface area contributed by atoms with Crippen molar-refractivity contribution in [3.8, 4) is 0 Å². The van der Waals surface area contributed by atoms with Crippen molar-refractivity contribution in [2.45, 2.75) is 32.1 Å². The topological polar surface area (TPSA) is 66.7 Å². The molecule has 0 spiro atoms. The molecule has 0 aromatic heterocycles. The number of amides is 1. The fraction of sp³-hybridized carbons (Fsp3) is 0.562. The molecule has 2 heterocycles. The molecule has 6 nitrogen and oxygen atoms in total. The number of nitro benzene ring substituents is 1. The third kappa shape index (κ3) is 2.91. The highest BCUT2D eigenvalue weighted by Gasteiger charge is 2.25. The molecule has 0 N–H and O–H groups in total. The van der Waals surface area contributed by atoms with E-state index in [2.05, 4.69) is 4.90 Å². The van der Waals surface area contributed by atoms with E-state index < -0.39 is 0 Å². The van der Waals surface area contributed by atoms with Crippen molar-refractivity contribution in [1.82, 2.24) is 4.90 Å². The molecular formula is C16H21N3O3. The summed E-state index contributed by atoms with van der Waals surface area (Å²) in [4.78, 5) is 27.3. The summed E-state index contributed by atoms with van der Waals surface area (Å²) in [7, 11) is 0. The number of piperidine rings is 1. The molecule has 0 bridgehead atoms. The minimum Gasteiger partial charge on any atom is -0.366 e. The molecule has 6 heteroatoms. The van der Waals surface area contributed by atoms with Gasteiger partial charge in [-0.15, -0.1) is 0 Å². The maximum atomic E-state index is 12.4. The van der Waals surface area contributed by atoms with Gasteiger partial charge in [-0.2, -0.15) is 0 Å². The van der Waals surface area contributed by atoms with E-state index in [9.17, 15) is 14.9 Å². The second-order valence-corrected chi connectivity index (χ2v) is 6.01. The number of carbonyl (C=O) groups excluding carboxylic acids is 1. The maximum Gasteiger partial charge on any atom is 0.293 e. The number of hydrogen-bond donors (Lipinski definition) is 0. The highest BCUT2D eigenvalue weighted by Crippen LogP contribution is 2.31. The standard InChI is InChI=1S/C16H21N3O3/c20-16(18-10-4-5-11-18)13-6-7-14(15(12-13)19(21)22)17-8-2-1-3-9-17/h6-7,12H,1-5,8-11H2. The molecule has 0 aliphatic carbocycles. The molecule has 1 aromatic rings.